The van der Waals surface area contributed by atoms with Gasteiger partial charge in [0.2, 0.25) is 0 Å². The minimum atomic E-state index is -0.965. The molecule has 0 fully saturated rings. The summed E-state index contributed by atoms with van der Waals surface area (Å²) in [6.07, 6.45) is -0.324. The second-order valence-electron chi connectivity index (χ2n) is 4.66. The summed E-state index contributed by atoms with van der Waals surface area (Å²) in [6, 6.07) is 12.2. The van der Waals surface area contributed by atoms with Crippen LogP contribution in [0.3, 0.4) is 0 Å². The fourth-order valence-electron chi connectivity index (χ4n) is 2.17. The Kier molecular flexibility index (Phi) is 4.60. The Morgan fingerprint density at radius 1 is 0.905 bits per heavy atom. The molecule has 0 amide bonds. The summed E-state index contributed by atoms with van der Waals surface area (Å²) < 4.78 is 0. The maximum atomic E-state index is 10.9. The van der Waals surface area contributed by atoms with Crippen LogP contribution in [0, 0.1) is 0 Å². The number of carboxylic acid groups (broad SMARTS) is 2. The van der Waals surface area contributed by atoms with Crippen LogP contribution in [-0.2, 0) is 22.4 Å². The summed E-state index contributed by atoms with van der Waals surface area (Å²) in [5.41, 5.74) is 2.57. The Morgan fingerprint density at radius 2 is 1.43 bits per heavy atom. The van der Waals surface area contributed by atoms with Crippen LogP contribution in [0.2, 0.25) is 5.02 Å². The maximum absolute atomic E-state index is 10.9. The number of benzene rings is 2. The second kappa shape index (κ2) is 6.41. The lowest BCUT2D eigenvalue weighted by Crippen LogP contribution is -2.04. The van der Waals surface area contributed by atoms with Crippen molar-refractivity contribution < 1.29 is 19.8 Å². The number of rotatable bonds is 5. The average Bonchev–Trinajstić information content (AvgIpc) is 2.37. The first-order valence-corrected chi connectivity index (χ1v) is 6.65. The fourth-order valence-corrected chi connectivity index (χ4v) is 2.41. The molecular formula is C16H13ClO4. The minimum absolute atomic E-state index is 0.162. The van der Waals surface area contributed by atoms with E-state index in [-0.39, 0.29) is 12.8 Å². The van der Waals surface area contributed by atoms with Gasteiger partial charge in [-0.2, -0.15) is 0 Å². The molecule has 108 valence electrons. The van der Waals surface area contributed by atoms with Crippen LogP contribution in [0.25, 0.3) is 11.1 Å². The molecule has 21 heavy (non-hydrogen) atoms. The smallest absolute Gasteiger partial charge is 0.307 e. The number of halogens is 1. The zero-order valence-corrected chi connectivity index (χ0v) is 11.8. The van der Waals surface area contributed by atoms with Gasteiger partial charge in [-0.3, -0.25) is 9.59 Å². The average molecular weight is 305 g/mol. The van der Waals surface area contributed by atoms with Gasteiger partial charge in [0.25, 0.3) is 0 Å². The molecular weight excluding hydrogens is 292 g/mol. The van der Waals surface area contributed by atoms with E-state index in [0.29, 0.717) is 16.1 Å². The van der Waals surface area contributed by atoms with Gasteiger partial charge in [0.05, 0.1) is 12.8 Å². The Bertz CT molecular complexity index is 660. The summed E-state index contributed by atoms with van der Waals surface area (Å²) in [6.45, 7) is 0. The lowest BCUT2D eigenvalue weighted by molar-refractivity contribution is -0.137. The summed E-state index contributed by atoms with van der Waals surface area (Å²) >= 11 is 6.14. The molecule has 0 atom stereocenters. The van der Waals surface area contributed by atoms with Gasteiger partial charge in [-0.1, -0.05) is 48.0 Å². The highest BCUT2D eigenvalue weighted by Gasteiger charge is 2.10. The predicted molar refractivity (Wildman–Crippen MR) is 79.6 cm³/mol. The maximum Gasteiger partial charge on any atom is 0.307 e. The van der Waals surface area contributed by atoms with E-state index >= 15 is 0 Å². The third kappa shape index (κ3) is 4.07. The Morgan fingerprint density at radius 3 is 1.90 bits per heavy atom. The zero-order valence-electron chi connectivity index (χ0n) is 11.0. The molecule has 5 heteroatoms. The number of aliphatic carboxylic acids is 2. The number of carboxylic acids is 2. The lowest BCUT2D eigenvalue weighted by Gasteiger charge is -2.09. The molecule has 0 radical (unpaired) electrons. The second-order valence-corrected chi connectivity index (χ2v) is 5.07. The highest BCUT2D eigenvalue weighted by Crippen LogP contribution is 2.29. The van der Waals surface area contributed by atoms with Crippen molar-refractivity contribution in [2.75, 3.05) is 0 Å². The molecule has 2 rings (SSSR count). The van der Waals surface area contributed by atoms with Crippen LogP contribution in [0.1, 0.15) is 11.1 Å². The zero-order chi connectivity index (χ0) is 15.4. The molecule has 0 saturated carbocycles. The van der Waals surface area contributed by atoms with E-state index in [4.69, 9.17) is 21.8 Å². The van der Waals surface area contributed by atoms with Crippen molar-refractivity contribution in [1.29, 1.82) is 0 Å². The third-order valence-corrected chi connectivity index (χ3v) is 3.28. The summed E-state index contributed by atoms with van der Waals surface area (Å²) in [7, 11) is 0. The molecule has 2 N–H and O–H groups in total. The SMILES string of the molecule is O=C(O)Cc1cc(CC(=O)O)cc(-c2ccccc2Cl)c1. The molecule has 4 nitrogen and oxygen atoms in total. The van der Waals surface area contributed by atoms with Crippen molar-refractivity contribution in [1.82, 2.24) is 0 Å². The fraction of sp³-hybridized carbons (Fsp3) is 0.125. The molecule has 0 spiro atoms. The van der Waals surface area contributed by atoms with Crippen molar-refractivity contribution in [2.24, 2.45) is 0 Å². The van der Waals surface area contributed by atoms with Crippen molar-refractivity contribution in [3.63, 3.8) is 0 Å². The highest BCUT2D eigenvalue weighted by atomic mass is 35.5. The van der Waals surface area contributed by atoms with Gasteiger partial charge in [0.15, 0.2) is 0 Å². The van der Waals surface area contributed by atoms with Crippen LogP contribution in [0.4, 0.5) is 0 Å². The molecule has 2 aromatic carbocycles. The first-order chi connectivity index (χ1) is 9.95. The molecule has 0 aliphatic carbocycles. The predicted octanol–water partition coefficient (Wildman–Crippen LogP) is 3.26. The van der Waals surface area contributed by atoms with E-state index in [0.717, 1.165) is 11.1 Å². The molecule has 0 aromatic heterocycles. The molecule has 0 heterocycles. The molecule has 0 aliphatic rings. The number of hydrogen-bond acceptors (Lipinski definition) is 2. The monoisotopic (exact) mass is 304 g/mol. The molecule has 0 unspecified atom stereocenters. The van der Waals surface area contributed by atoms with Crippen molar-refractivity contribution in [3.05, 3.63) is 58.6 Å². The van der Waals surface area contributed by atoms with E-state index < -0.39 is 11.9 Å². The van der Waals surface area contributed by atoms with Crippen LogP contribution >= 0.6 is 11.6 Å². The largest absolute Gasteiger partial charge is 0.481 e. The van der Waals surface area contributed by atoms with E-state index in [1.54, 1.807) is 30.3 Å². The van der Waals surface area contributed by atoms with Gasteiger partial charge in [0.1, 0.15) is 0 Å². The first-order valence-electron chi connectivity index (χ1n) is 6.27. The molecule has 0 saturated heterocycles. The summed E-state index contributed by atoms with van der Waals surface area (Å²) in [5.74, 6) is -1.93. The van der Waals surface area contributed by atoms with Gasteiger partial charge in [0, 0.05) is 10.6 Å². The van der Waals surface area contributed by atoms with Gasteiger partial charge in [-0.05, 0) is 22.8 Å². The van der Waals surface area contributed by atoms with Crippen molar-refractivity contribution >= 4 is 23.5 Å². The normalized spacial score (nSPS) is 10.3. The number of hydrogen-bond donors (Lipinski definition) is 2. The van der Waals surface area contributed by atoms with Crippen molar-refractivity contribution in [2.45, 2.75) is 12.8 Å². The highest BCUT2D eigenvalue weighted by molar-refractivity contribution is 6.33. The summed E-state index contributed by atoms with van der Waals surface area (Å²) in [5, 5.41) is 18.4. The molecule has 0 bridgehead atoms. The van der Waals surface area contributed by atoms with Crippen LogP contribution in [0.15, 0.2) is 42.5 Å². The molecule has 0 aliphatic heterocycles. The van der Waals surface area contributed by atoms with Gasteiger partial charge < -0.3 is 10.2 Å². The Labute approximate surface area is 126 Å². The van der Waals surface area contributed by atoms with Crippen LogP contribution in [-0.4, -0.2) is 22.2 Å². The van der Waals surface area contributed by atoms with E-state index in [2.05, 4.69) is 0 Å². The Balaban J connectivity index is 2.51. The lowest BCUT2D eigenvalue weighted by atomic mass is 9.97. The number of carbonyl (C=O) groups is 2. The van der Waals surface area contributed by atoms with E-state index in [1.165, 1.54) is 0 Å². The summed E-state index contributed by atoms with van der Waals surface area (Å²) in [4.78, 5) is 21.7. The molecule has 2 aromatic rings. The van der Waals surface area contributed by atoms with Crippen LogP contribution < -0.4 is 0 Å². The standard InChI is InChI=1S/C16H13ClO4/c17-14-4-2-1-3-13(14)12-6-10(8-15(18)19)5-11(7-12)9-16(20)21/h1-7H,8-9H2,(H,18,19)(H,20,21). The third-order valence-electron chi connectivity index (χ3n) is 2.95. The van der Waals surface area contributed by atoms with E-state index in [9.17, 15) is 9.59 Å². The quantitative estimate of drug-likeness (QED) is 0.889. The minimum Gasteiger partial charge on any atom is -0.481 e. The topological polar surface area (TPSA) is 74.6 Å². The Hall–Kier alpha value is -2.33. The van der Waals surface area contributed by atoms with Gasteiger partial charge in [-0.15, -0.1) is 0 Å². The van der Waals surface area contributed by atoms with Gasteiger partial charge >= 0.3 is 11.9 Å². The van der Waals surface area contributed by atoms with E-state index in [1.807, 2.05) is 12.1 Å². The van der Waals surface area contributed by atoms with Crippen molar-refractivity contribution in [3.8, 4) is 11.1 Å². The van der Waals surface area contributed by atoms with Gasteiger partial charge in [-0.25, -0.2) is 0 Å². The first kappa shape index (κ1) is 15.1. The van der Waals surface area contributed by atoms with Crippen LogP contribution in [0.5, 0.6) is 0 Å².